The highest BCUT2D eigenvalue weighted by molar-refractivity contribution is 6.15. The fraction of sp³-hybridized carbons (Fsp3) is 0.0606. The number of pyridine rings is 1. The number of hydrogen-bond acceptors (Lipinski definition) is 2. The molecule has 170 valence electrons. The van der Waals surface area contributed by atoms with Gasteiger partial charge >= 0.3 is 0 Å². The molecule has 4 aromatic carbocycles. The summed E-state index contributed by atoms with van der Waals surface area (Å²) in [5.41, 5.74) is 7.25. The van der Waals surface area contributed by atoms with E-state index in [2.05, 4.69) is 137 Å². The molecule has 0 amide bonds. The first-order chi connectivity index (χ1) is 17.9. The summed E-state index contributed by atoms with van der Waals surface area (Å²) < 4.78 is 2.37. The summed E-state index contributed by atoms with van der Waals surface area (Å²) >= 11 is 0. The van der Waals surface area contributed by atoms with Gasteiger partial charge < -0.3 is 4.90 Å². The van der Waals surface area contributed by atoms with Gasteiger partial charge in [-0.25, -0.2) is 4.98 Å². The van der Waals surface area contributed by atoms with Crippen LogP contribution in [0.25, 0.3) is 38.5 Å². The van der Waals surface area contributed by atoms with Gasteiger partial charge in [-0.3, -0.25) is 4.57 Å². The molecular formula is C33H23N3. The summed E-state index contributed by atoms with van der Waals surface area (Å²) in [6.45, 7) is 0. The zero-order valence-electron chi connectivity index (χ0n) is 19.6. The third-order valence-electron chi connectivity index (χ3n) is 7.69. The van der Waals surface area contributed by atoms with E-state index in [0.29, 0.717) is 5.92 Å². The largest absolute Gasteiger partial charge is 0.332 e. The van der Waals surface area contributed by atoms with Crippen molar-refractivity contribution in [2.45, 2.75) is 12.0 Å². The minimum absolute atomic E-state index is 0.244. The summed E-state index contributed by atoms with van der Waals surface area (Å²) in [5.74, 6) is 1.26. The Morgan fingerprint density at radius 1 is 0.639 bits per heavy atom. The van der Waals surface area contributed by atoms with Gasteiger partial charge in [0.05, 0.1) is 28.3 Å². The van der Waals surface area contributed by atoms with Gasteiger partial charge in [-0.05, 0) is 42.0 Å². The third-order valence-corrected chi connectivity index (χ3v) is 7.69. The lowest BCUT2D eigenvalue weighted by molar-refractivity contribution is 0.745. The van der Waals surface area contributed by atoms with Crippen LogP contribution in [0.3, 0.4) is 0 Å². The predicted molar refractivity (Wildman–Crippen MR) is 149 cm³/mol. The molecule has 2 atom stereocenters. The second-order valence-corrected chi connectivity index (χ2v) is 9.61. The highest BCUT2D eigenvalue weighted by Gasteiger charge is 2.39. The smallest absolute Gasteiger partial charge is 0.138 e. The van der Waals surface area contributed by atoms with Crippen molar-refractivity contribution >= 4 is 44.1 Å². The number of fused-ring (bicyclic) bond motifs is 8. The van der Waals surface area contributed by atoms with Gasteiger partial charge in [-0.1, -0.05) is 91.0 Å². The zero-order chi connectivity index (χ0) is 23.6. The van der Waals surface area contributed by atoms with Crippen molar-refractivity contribution in [3.05, 3.63) is 133 Å². The molecule has 6 aromatic rings. The van der Waals surface area contributed by atoms with Crippen LogP contribution < -0.4 is 4.90 Å². The standard InChI is InChI=1S/C33H23N3/c1-2-11-23(12-3-1)35-29-16-8-5-13-24(29)26-19-20-27-25-14-6-9-17-30(25)36(33(27)32(26)35)31-21-18-22-10-4-7-15-28(22)34-31/h1-21,24,29H. The van der Waals surface area contributed by atoms with Crippen molar-refractivity contribution in [3.63, 3.8) is 0 Å². The number of anilines is 2. The molecule has 2 aliphatic rings. The summed E-state index contributed by atoms with van der Waals surface area (Å²) in [6, 6.07) is 37.1. The topological polar surface area (TPSA) is 21.1 Å². The minimum atomic E-state index is 0.244. The second-order valence-electron chi connectivity index (χ2n) is 9.61. The van der Waals surface area contributed by atoms with Gasteiger partial charge in [0.15, 0.2) is 0 Å². The van der Waals surface area contributed by atoms with E-state index >= 15 is 0 Å². The van der Waals surface area contributed by atoms with Crippen LogP contribution in [-0.4, -0.2) is 15.6 Å². The van der Waals surface area contributed by atoms with Crippen molar-refractivity contribution in [2.24, 2.45) is 0 Å². The average molecular weight is 462 g/mol. The van der Waals surface area contributed by atoms with Crippen molar-refractivity contribution in [2.75, 3.05) is 4.90 Å². The average Bonchev–Trinajstić information content (AvgIpc) is 3.46. The molecule has 0 spiro atoms. The Kier molecular flexibility index (Phi) is 4.06. The van der Waals surface area contributed by atoms with E-state index in [1.54, 1.807) is 0 Å². The van der Waals surface area contributed by atoms with Crippen LogP contribution in [-0.2, 0) is 0 Å². The first-order valence-corrected chi connectivity index (χ1v) is 12.5. The Hall–Kier alpha value is -4.63. The van der Waals surface area contributed by atoms with Crippen LogP contribution in [0, 0.1) is 0 Å². The Morgan fingerprint density at radius 2 is 1.44 bits per heavy atom. The number of hydrogen-bond donors (Lipinski definition) is 0. The predicted octanol–water partition coefficient (Wildman–Crippen LogP) is 8.06. The number of allylic oxidation sites excluding steroid dienone is 2. The summed E-state index contributed by atoms with van der Waals surface area (Å²) in [7, 11) is 0. The lowest BCUT2D eigenvalue weighted by Crippen LogP contribution is -2.28. The quantitative estimate of drug-likeness (QED) is 0.260. The molecule has 2 unspecified atom stereocenters. The van der Waals surface area contributed by atoms with Gasteiger partial charge in [-0.2, -0.15) is 0 Å². The van der Waals surface area contributed by atoms with Crippen LogP contribution in [0.2, 0.25) is 0 Å². The van der Waals surface area contributed by atoms with Crippen LogP contribution in [0.4, 0.5) is 11.4 Å². The van der Waals surface area contributed by atoms with Gasteiger partial charge in [0, 0.05) is 27.8 Å². The van der Waals surface area contributed by atoms with Crippen LogP contribution in [0.5, 0.6) is 0 Å². The van der Waals surface area contributed by atoms with Gasteiger partial charge in [-0.15, -0.1) is 0 Å². The number of aromatic nitrogens is 2. The Bertz CT molecular complexity index is 1860. The van der Waals surface area contributed by atoms with Crippen LogP contribution in [0.1, 0.15) is 11.5 Å². The normalized spacial score (nSPS) is 18.3. The third kappa shape index (κ3) is 2.65. The molecule has 36 heavy (non-hydrogen) atoms. The fourth-order valence-corrected chi connectivity index (χ4v) is 6.16. The molecule has 3 heterocycles. The van der Waals surface area contributed by atoms with Crippen molar-refractivity contribution in [3.8, 4) is 5.82 Å². The Labute approximate surface area is 209 Å². The van der Waals surface area contributed by atoms with E-state index in [9.17, 15) is 0 Å². The summed E-state index contributed by atoms with van der Waals surface area (Å²) in [5, 5.41) is 3.66. The van der Waals surface area contributed by atoms with Gasteiger partial charge in [0.1, 0.15) is 5.82 Å². The van der Waals surface area contributed by atoms with Crippen molar-refractivity contribution in [1.29, 1.82) is 0 Å². The molecule has 0 radical (unpaired) electrons. The number of para-hydroxylation sites is 3. The summed E-state index contributed by atoms with van der Waals surface area (Å²) in [4.78, 5) is 7.67. The number of rotatable bonds is 2. The molecule has 0 N–H and O–H groups in total. The molecule has 0 bridgehead atoms. The highest BCUT2D eigenvalue weighted by atomic mass is 15.2. The van der Waals surface area contributed by atoms with E-state index in [-0.39, 0.29) is 6.04 Å². The monoisotopic (exact) mass is 461 g/mol. The molecule has 1 aliphatic heterocycles. The first kappa shape index (κ1) is 19.7. The molecule has 3 heteroatoms. The van der Waals surface area contributed by atoms with E-state index in [4.69, 9.17) is 4.98 Å². The van der Waals surface area contributed by atoms with Crippen molar-refractivity contribution < 1.29 is 0 Å². The lowest BCUT2D eigenvalue weighted by atomic mass is 9.91. The Balaban J connectivity index is 1.52. The maximum atomic E-state index is 5.15. The molecule has 1 aliphatic carbocycles. The van der Waals surface area contributed by atoms with Crippen LogP contribution >= 0.6 is 0 Å². The first-order valence-electron chi connectivity index (χ1n) is 12.5. The van der Waals surface area contributed by atoms with E-state index in [1.165, 1.54) is 38.7 Å². The SMILES string of the molecule is C1=CC2c3ccc4c5ccccc5n(-c5ccc6ccccc6n5)c4c3N(c3ccccc3)C2C=C1. The van der Waals surface area contributed by atoms with Gasteiger partial charge in [0.2, 0.25) is 0 Å². The molecule has 2 aromatic heterocycles. The maximum absolute atomic E-state index is 5.15. The van der Waals surface area contributed by atoms with E-state index < -0.39 is 0 Å². The van der Waals surface area contributed by atoms with Crippen LogP contribution in [0.15, 0.2) is 127 Å². The van der Waals surface area contributed by atoms with Crippen molar-refractivity contribution in [1.82, 2.24) is 9.55 Å². The van der Waals surface area contributed by atoms with E-state index in [0.717, 1.165) is 16.7 Å². The fourth-order valence-electron chi connectivity index (χ4n) is 6.16. The molecular weight excluding hydrogens is 438 g/mol. The lowest BCUT2D eigenvalue weighted by Gasteiger charge is -2.29. The molecule has 3 nitrogen and oxygen atoms in total. The highest BCUT2D eigenvalue weighted by Crippen LogP contribution is 2.52. The minimum Gasteiger partial charge on any atom is -0.332 e. The van der Waals surface area contributed by atoms with E-state index in [1.807, 2.05) is 0 Å². The molecule has 0 fully saturated rings. The molecule has 8 rings (SSSR count). The maximum Gasteiger partial charge on any atom is 0.138 e. The zero-order valence-corrected chi connectivity index (χ0v) is 19.6. The number of nitrogens with zero attached hydrogens (tertiary/aromatic N) is 3. The molecule has 0 saturated carbocycles. The second kappa shape index (κ2) is 7.43. The molecule has 0 saturated heterocycles. The van der Waals surface area contributed by atoms with Gasteiger partial charge in [0.25, 0.3) is 0 Å². The number of benzene rings is 4. The Morgan fingerprint density at radius 3 is 2.39 bits per heavy atom. The summed E-state index contributed by atoms with van der Waals surface area (Å²) in [6.07, 6.45) is 9.05.